The van der Waals surface area contributed by atoms with Gasteiger partial charge < -0.3 is 10.3 Å². The highest BCUT2D eigenvalue weighted by Gasteiger charge is 2.35. The zero-order valence-corrected chi connectivity index (χ0v) is 12.2. The first kappa shape index (κ1) is 13.6. The number of hydrogen-bond donors (Lipinski definition) is 2. The van der Waals surface area contributed by atoms with Crippen molar-refractivity contribution < 1.29 is 0 Å². The molecule has 20 heavy (non-hydrogen) atoms. The van der Waals surface area contributed by atoms with Gasteiger partial charge in [-0.25, -0.2) is 4.98 Å². The molecule has 0 aliphatic heterocycles. The van der Waals surface area contributed by atoms with Crippen molar-refractivity contribution in [3.8, 4) is 0 Å². The highest BCUT2D eigenvalue weighted by atomic mass is 35.5. The predicted octanol–water partition coefficient (Wildman–Crippen LogP) is 2.85. The van der Waals surface area contributed by atoms with Crippen LogP contribution in [0.1, 0.15) is 32.0 Å². The number of benzene rings is 1. The maximum Gasteiger partial charge on any atom is 0.258 e. The first-order valence-corrected chi connectivity index (χ1v) is 7.47. The molecule has 0 bridgehead atoms. The lowest BCUT2D eigenvalue weighted by Crippen LogP contribution is -2.22. The van der Waals surface area contributed by atoms with Gasteiger partial charge in [-0.2, -0.15) is 0 Å². The lowest BCUT2D eigenvalue weighted by molar-refractivity contribution is 0.587. The molecule has 1 aromatic carbocycles. The molecule has 0 saturated heterocycles. The largest absolute Gasteiger partial charge is 0.309 e. The fourth-order valence-electron chi connectivity index (χ4n) is 2.66. The van der Waals surface area contributed by atoms with Crippen molar-refractivity contribution >= 4 is 22.5 Å². The third-order valence-electron chi connectivity index (χ3n) is 3.83. The van der Waals surface area contributed by atoms with E-state index < -0.39 is 0 Å². The summed E-state index contributed by atoms with van der Waals surface area (Å²) in [6, 6.07) is 5.72. The SMILES string of the molecule is CCCC1CC1NCc1nc2cc(Cl)ccc2c(=O)[nH]1. The number of rotatable bonds is 5. The molecule has 1 aliphatic rings. The van der Waals surface area contributed by atoms with Crippen LogP contribution in [0.25, 0.3) is 10.9 Å². The van der Waals surface area contributed by atoms with Gasteiger partial charge in [0.2, 0.25) is 0 Å². The average Bonchev–Trinajstić information content (AvgIpc) is 3.15. The zero-order chi connectivity index (χ0) is 14.1. The van der Waals surface area contributed by atoms with Gasteiger partial charge in [-0.15, -0.1) is 0 Å². The van der Waals surface area contributed by atoms with Crippen LogP contribution in [0.2, 0.25) is 5.02 Å². The third kappa shape index (κ3) is 2.86. The van der Waals surface area contributed by atoms with Crippen molar-refractivity contribution in [3.05, 3.63) is 39.4 Å². The maximum absolute atomic E-state index is 12.0. The van der Waals surface area contributed by atoms with Crippen LogP contribution in [0.15, 0.2) is 23.0 Å². The van der Waals surface area contributed by atoms with Crippen LogP contribution in [0.4, 0.5) is 0 Å². The van der Waals surface area contributed by atoms with E-state index in [1.807, 2.05) is 0 Å². The molecule has 2 atom stereocenters. The molecule has 1 aliphatic carbocycles. The summed E-state index contributed by atoms with van der Waals surface area (Å²) in [5, 5.41) is 4.62. The average molecular weight is 292 g/mol. The minimum atomic E-state index is -0.107. The smallest absolute Gasteiger partial charge is 0.258 e. The number of nitrogens with zero attached hydrogens (tertiary/aromatic N) is 1. The topological polar surface area (TPSA) is 57.8 Å². The number of aromatic nitrogens is 2. The van der Waals surface area contributed by atoms with E-state index in [9.17, 15) is 4.79 Å². The maximum atomic E-state index is 12.0. The van der Waals surface area contributed by atoms with Crippen molar-refractivity contribution in [3.63, 3.8) is 0 Å². The summed E-state index contributed by atoms with van der Waals surface area (Å²) in [7, 11) is 0. The van der Waals surface area contributed by atoms with Crippen molar-refractivity contribution in [2.75, 3.05) is 0 Å². The van der Waals surface area contributed by atoms with E-state index in [1.165, 1.54) is 19.3 Å². The molecule has 2 N–H and O–H groups in total. The predicted molar refractivity (Wildman–Crippen MR) is 81.0 cm³/mol. The summed E-state index contributed by atoms with van der Waals surface area (Å²) in [4.78, 5) is 19.3. The highest BCUT2D eigenvalue weighted by molar-refractivity contribution is 6.31. The number of hydrogen-bond acceptors (Lipinski definition) is 3. The molecule has 1 fully saturated rings. The van der Waals surface area contributed by atoms with Crippen LogP contribution in [0, 0.1) is 5.92 Å². The van der Waals surface area contributed by atoms with Gasteiger partial charge in [0.05, 0.1) is 17.4 Å². The third-order valence-corrected chi connectivity index (χ3v) is 4.07. The molecule has 0 radical (unpaired) electrons. The molecule has 0 spiro atoms. The van der Waals surface area contributed by atoms with E-state index in [2.05, 4.69) is 22.2 Å². The summed E-state index contributed by atoms with van der Waals surface area (Å²) in [5.41, 5.74) is 0.545. The first-order chi connectivity index (χ1) is 9.67. The Kier molecular flexibility index (Phi) is 3.76. The minimum Gasteiger partial charge on any atom is -0.309 e. The Morgan fingerprint density at radius 2 is 2.35 bits per heavy atom. The number of H-pyrrole nitrogens is 1. The second-order valence-corrected chi connectivity index (χ2v) is 5.88. The molecule has 0 amide bonds. The van der Waals surface area contributed by atoms with Gasteiger partial charge in [-0.1, -0.05) is 24.9 Å². The van der Waals surface area contributed by atoms with E-state index in [4.69, 9.17) is 11.6 Å². The van der Waals surface area contributed by atoms with Crippen LogP contribution in [-0.2, 0) is 6.54 Å². The zero-order valence-electron chi connectivity index (χ0n) is 11.4. The number of nitrogens with one attached hydrogen (secondary N) is 2. The van der Waals surface area contributed by atoms with E-state index in [-0.39, 0.29) is 5.56 Å². The lowest BCUT2D eigenvalue weighted by atomic mass is 10.2. The summed E-state index contributed by atoms with van der Waals surface area (Å²) in [6.07, 6.45) is 3.73. The molecule has 5 heteroatoms. The molecule has 2 unspecified atom stereocenters. The van der Waals surface area contributed by atoms with Gasteiger partial charge in [0, 0.05) is 11.1 Å². The Bertz CT molecular complexity index is 682. The summed E-state index contributed by atoms with van der Waals surface area (Å²) in [5.74, 6) is 1.47. The van der Waals surface area contributed by atoms with Gasteiger partial charge in [0.25, 0.3) is 5.56 Å². The van der Waals surface area contributed by atoms with Crippen molar-refractivity contribution in [1.82, 2.24) is 15.3 Å². The molecule has 2 aromatic rings. The van der Waals surface area contributed by atoms with Gasteiger partial charge in [-0.05, 0) is 37.0 Å². The molecule has 1 heterocycles. The molecule has 106 valence electrons. The van der Waals surface area contributed by atoms with Gasteiger partial charge in [0.15, 0.2) is 0 Å². The molecule has 1 saturated carbocycles. The van der Waals surface area contributed by atoms with Crippen molar-refractivity contribution in [2.24, 2.45) is 5.92 Å². The van der Waals surface area contributed by atoms with Crippen LogP contribution in [0.3, 0.4) is 0 Å². The Hall–Kier alpha value is -1.39. The molecule has 4 nitrogen and oxygen atoms in total. The molecule has 1 aromatic heterocycles. The minimum absolute atomic E-state index is 0.107. The molecular formula is C15H18ClN3O. The number of fused-ring (bicyclic) bond motifs is 1. The van der Waals surface area contributed by atoms with Gasteiger partial charge in [-0.3, -0.25) is 4.79 Å². The first-order valence-electron chi connectivity index (χ1n) is 7.09. The lowest BCUT2D eigenvalue weighted by Gasteiger charge is -2.05. The fourth-order valence-corrected chi connectivity index (χ4v) is 2.83. The van der Waals surface area contributed by atoms with Crippen molar-refractivity contribution in [1.29, 1.82) is 0 Å². The second-order valence-electron chi connectivity index (χ2n) is 5.45. The molecular weight excluding hydrogens is 274 g/mol. The Labute approximate surface area is 122 Å². The van der Waals surface area contributed by atoms with E-state index in [1.54, 1.807) is 18.2 Å². The standard InChI is InChI=1S/C15H18ClN3O/c1-2-3-9-6-12(9)17-8-14-18-13-7-10(16)4-5-11(13)15(20)19-14/h4-5,7,9,12,17H,2-3,6,8H2,1H3,(H,18,19,20). The monoisotopic (exact) mass is 291 g/mol. The highest BCUT2D eigenvalue weighted by Crippen LogP contribution is 2.34. The van der Waals surface area contributed by atoms with E-state index in [0.29, 0.717) is 34.3 Å². The Morgan fingerprint density at radius 3 is 3.15 bits per heavy atom. The second kappa shape index (κ2) is 5.54. The number of aromatic amines is 1. The summed E-state index contributed by atoms with van der Waals surface area (Å²) >= 11 is 5.95. The van der Waals surface area contributed by atoms with Crippen LogP contribution >= 0.6 is 11.6 Å². The normalized spacial score (nSPS) is 21.3. The fraction of sp³-hybridized carbons (Fsp3) is 0.467. The van der Waals surface area contributed by atoms with E-state index in [0.717, 1.165) is 5.92 Å². The van der Waals surface area contributed by atoms with Crippen LogP contribution in [0.5, 0.6) is 0 Å². The summed E-state index contributed by atoms with van der Waals surface area (Å²) < 4.78 is 0. The summed E-state index contributed by atoms with van der Waals surface area (Å²) in [6.45, 7) is 2.81. The quantitative estimate of drug-likeness (QED) is 0.890. The van der Waals surface area contributed by atoms with Crippen LogP contribution in [-0.4, -0.2) is 16.0 Å². The van der Waals surface area contributed by atoms with Gasteiger partial charge >= 0.3 is 0 Å². The van der Waals surface area contributed by atoms with Crippen LogP contribution < -0.4 is 10.9 Å². The Balaban J connectivity index is 1.74. The van der Waals surface area contributed by atoms with Crippen molar-refractivity contribution in [2.45, 2.75) is 38.8 Å². The Morgan fingerprint density at radius 1 is 1.50 bits per heavy atom. The number of halogens is 1. The van der Waals surface area contributed by atoms with Gasteiger partial charge in [0.1, 0.15) is 5.82 Å². The van der Waals surface area contributed by atoms with E-state index >= 15 is 0 Å². The molecule has 3 rings (SSSR count).